The van der Waals surface area contributed by atoms with Crippen LogP contribution < -0.4 is 10.0 Å². The number of halogens is 1. The van der Waals surface area contributed by atoms with Crippen molar-refractivity contribution in [2.75, 3.05) is 5.32 Å². The average Bonchev–Trinajstić information content (AvgIpc) is 2.94. The first kappa shape index (κ1) is 20.7. The van der Waals surface area contributed by atoms with Gasteiger partial charge >= 0.3 is 5.97 Å². The molecule has 1 aliphatic heterocycles. The van der Waals surface area contributed by atoms with Crippen LogP contribution in [0.15, 0.2) is 52.5 Å². The van der Waals surface area contributed by atoms with E-state index in [2.05, 4.69) is 20.0 Å². The van der Waals surface area contributed by atoms with E-state index >= 15 is 0 Å². The van der Waals surface area contributed by atoms with Crippen LogP contribution in [0.1, 0.15) is 19.4 Å². The summed E-state index contributed by atoms with van der Waals surface area (Å²) in [6.45, 7) is 2.83. The van der Waals surface area contributed by atoms with E-state index in [1.54, 1.807) is 30.3 Å². The normalized spacial score (nSPS) is 17.7. The van der Waals surface area contributed by atoms with Gasteiger partial charge in [0.15, 0.2) is 11.3 Å². The fraction of sp³-hybridized carbons (Fsp3) is 0.222. The molecule has 9 nitrogen and oxygen atoms in total. The Hall–Kier alpha value is -2.98. The average molecular weight is 437 g/mol. The Balaban J connectivity index is 1.67. The van der Waals surface area contributed by atoms with E-state index in [1.165, 1.54) is 26.1 Å². The molecule has 1 aromatic carbocycles. The van der Waals surface area contributed by atoms with E-state index in [9.17, 15) is 18.0 Å². The number of pyridine rings is 1. The Labute approximate surface area is 172 Å². The van der Waals surface area contributed by atoms with Gasteiger partial charge in [0.05, 0.1) is 10.6 Å². The molecule has 1 amide bonds. The van der Waals surface area contributed by atoms with Crippen molar-refractivity contribution in [1.29, 1.82) is 0 Å². The number of aromatic nitrogens is 1. The predicted octanol–water partition coefficient (Wildman–Crippen LogP) is 1.73. The second kappa shape index (κ2) is 8.18. The molecule has 3 rings (SSSR count). The van der Waals surface area contributed by atoms with Crippen molar-refractivity contribution in [1.82, 2.24) is 9.71 Å². The molecule has 0 aliphatic carbocycles. The number of nitrogens with one attached hydrogen (secondary N) is 2. The highest BCUT2D eigenvalue weighted by atomic mass is 35.5. The number of aliphatic imine (C=N–C) groups is 1. The van der Waals surface area contributed by atoms with E-state index in [0.717, 1.165) is 0 Å². The smallest absolute Gasteiger partial charge is 0.331 e. The van der Waals surface area contributed by atoms with Gasteiger partial charge in [-0.2, -0.15) is 0 Å². The number of anilines is 1. The Kier molecular flexibility index (Phi) is 5.85. The highest BCUT2D eigenvalue weighted by molar-refractivity contribution is 7.90. The van der Waals surface area contributed by atoms with Crippen LogP contribution in [0, 0.1) is 0 Å². The fourth-order valence-corrected chi connectivity index (χ4v) is 3.92. The van der Waals surface area contributed by atoms with Gasteiger partial charge in [0.1, 0.15) is 11.9 Å². The molecule has 152 valence electrons. The number of hydrogen-bond donors (Lipinski definition) is 2. The summed E-state index contributed by atoms with van der Waals surface area (Å²) in [7, 11) is -3.72. The number of esters is 1. The van der Waals surface area contributed by atoms with Gasteiger partial charge < -0.3 is 10.1 Å². The summed E-state index contributed by atoms with van der Waals surface area (Å²) in [5.74, 6) is -1.34. The molecule has 0 fully saturated rings. The summed E-state index contributed by atoms with van der Waals surface area (Å²) in [6.07, 6.45) is 0.339. The number of ether oxygens (including phenoxy) is 1. The minimum absolute atomic E-state index is 0.0456. The third-order valence-electron chi connectivity index (χ3n) is 4.01. The van der Waals surface area contributed by atoms with Gasteiger partial charge in [-0.1, -0.05) is 23.7 Å². The summed E-state index contributed by atoms with van der Waals surface area (Å²) in [5.41, 5.74) is 0.650. The van der Waals surface area contributed by atoms with Gasteiger partial charge in [-0.25, -0.2) is 18.2 Å². The third-order valence-corrected chi connectivity index (χ3v) is 5.70. The molecule has 1 unspecified atom stereocenters. The second-order valence-corrected chi connectivity index (χ2v) is 8.17. The van der Waals surface area contributed by atoms with Crippen molar-refractivity contribution in [2.45, 2.75) is 30.9 Å². The maximum atomic E-state index is 12.3. The maximum absolute atomic E-state index is 12.3. The van der Waals surface area contributed by atoms with Crippen LogP contribution in [0.2, 0.25) is 5.15 Å². The van der Waals surface area contributed by atoms with Crippen LogP contribution in [-0.2, 0) is 24.3 Å². The molecule has 2 heterocycles. The van der Waals surface area contributed by atoms with Crippen LogP contribution >= 0.6 is 11.6 Å². The molecule has 2 N–H and O–H groups in total. The number of carbonyl (C=O) groups excluding carboxylic acids is 2. The monoisotopic (exact) mass is 436 g/mol. The lowest BCUT2D eigenvalue weighted by molar-refractivity contribution is -0.153. The number of fused-ring (bicyclic) bond motifs is 1. The fourth-order valence-electron chi connectivity index (χ4n) is 2.52. The lowest BCUT2D eigenvalue weighted by Crippen LogP contribution is -2.34. The van der Waals surface area contributed by atoms with Crippen molar-refractivity contribution in [3.05, 3.63) is 53.3 Å². The number of hydrogen-bond acceptors (Lipinski definition) is 7. The highest BCUT2D eigenvalue weighted by Crippen LogP contribution is 2.23. The number of carbonyl (C=O) groups is 2. The topological polar surface area (TPSA) is 127 Å². The van der Waals surface area contributed by atoms with E-state index in [4.69, 9.17) is 16.3 Å². The SMILES string of the molecule is CC(OC(=O)[C@H](C)N=C1NS(=O)(=O)c2ccccc21)C(=O)Nc1cccnc1Cl. The number of benzene rings is 1. The van der Waals surface area contributed by atoms with Crippen molar-refractivity contribution < 1.29 is 22.7 Å². The Morgan fingerprint density at radius 3 is 2.66 bits per heavy atom. The van der Waals surface area contributed by atoms with Gasteiger partial charge in [-0.05, 0) is 38.1 Å². The molecule has 2 aromatic rings. The molecule has 0 saturated carbocycles. The van der Waals surface area contributed by atoms with Gasteiger partial charge in [0, 0.05) is 11.8 Å². The van der Waals surface area contributed by atoms with Gasteiger partial charge in [-0.15, -0.1) is 0 Å². The zero-order valence-electron chi connectivity index (χ0n) is 15.4. The Morgan fingerprint density at radius 2 is 1.93 bits per heavy atom. The van der Waals surface area contributed by atoms with Crippen LogP contribution in [-0.4, -0.2) is 43.3 Å². The number of nitrogens with zero attached hydrogens (tertiary/aromatic N) is 2. The zero-order chi connectivity index (χ0) is 21.2. The quantitative estimate of drug-likeness (QED) is 0.542. The first-order valence-electron chi connectivity index (χ1n) is 8.51. The van der Waals surface area contributed by atoms with Gasteiger partial charge in [0.2, 0.25) is 0 Å². The van der Waals surface area contributed by atoms with E-state index in [-0.39, 0.29) is 21.6 Å². The Bertz CT molecular complexity index is 1100. The third kappa shape index (κ3) is 4.54. The lowest BCUT2D eigenvalue weighted by Gasteiger charge is -2.15. The largest absolute Gasteiger partial charge is 0.451 e. The van der Waals surface area contributed by atoms with Gasteiger partial charge in [0.25, 0.3) is 15.9 Å². The summed E-state index contributed by atoms with van der Waals surface area (Å²) >= 11 is 5.88. The highest BCUT2D eigenvalue weighted by Gasteiger charge is 2.31. The van der Waals surface area contributed by atoms with Crippen LogP contribution in [0.25, 0.3) is 0 Å². The van der Waals surface area contributed by atoms with Crippen molar-refractivity contribution >= 4 is 45.0 Å². The first-order valence-corrected chi connectivity index (χ1v) is 10.4. The number of rotatable bonds is 5. The lowest BCUT2D eigenvalue weighted by atomic mass is 10.2. The second-order valence-electron chi connectivity index (χ2n) is 6.17. The van der Waals surface area contributed by atoms with Crippen molar-refractivity contribution in [3.8, 4) is 0 Å². The van der Waals surface area contributed by atoms with E-state index < -0.39 is 34.0 Å². The maximum Gasteiger partial charge on any atom is 0.331 e. The molecular weight excluding hydrogens is 420 g/mol. The number of amides is 1. The molecule has 2 atom stereocenters. The molecule has 1 aliphatic rings. The van der Waals surface area contributed by atoms with E-state index in [1.807, 2.05) is 0 Å². The Morgan fingerprint density at radius 1 is 1.21 bits per heavy atom. The molecule has 0 radical (unpaired) electrons. The minimum atomic E-state index is -3.72. The molecule has 0 bridgehead atoms. The molecular formula is C18H17ClN4O5S. The molecule has 0 spiro atoms. The molecule has 11 heteroatoms. The van der Waals surface area contributed by atoms with Crippen LogP contribution in [0.3, 0.4) is 0 Å². The standard InChI is InChI=1S/C18H17ClN4O5S/c1-10(21-16-12-6-3-4-8-14(12)29(26,27)23-16)18(25)28-11(2)17(24)22-13-7-5-9-20-15(13)19/h3-11H,1-2H3,(H,21,23)(H,22,24)/t10-,11?/m0/s1. The zero-order valence-corrected chi connectivity index (χ0v) is 17.0. The molecule has 29 heavy (non-hydrogen) atoms. The molecule has 0 saturated heterocycles. The van der Waals surface area contributed by atoms with Gasteiger partial charge in [-0.3, -0.25) is 14.5 Å². The molecule has 1 aromatic heterocycles. The first-order chi connectivity index (χ1) is 13.7. The van der Waals surface area contributed by atoms with E-state index in [0.29, 0.717) is 5.56 Å². The van der Waals surface area contributed by atoms with Crippen LogP contribution in [0.5, 0.6) is 0 Å². The van der Waals surface area contributed by atoms with Crippen molar-refractivity contribution in [2.24, 2.45) is 4.99 Å². The number of sulfonamides is 1. The summed E-state index contributed by atoms with van der Waals surface area (Å²) in [4.78, 5) is 32.6. The summed E-state index contributed by atoms with van der Waals surface area (Å²) < 4.78 is 31.7. The van der Waals surface area contributed by atoms with Crippen molar-refractivity contribution in [3.63, 3.8) is 0 Å². The number of amidine groups is 1. The van der Waals surface area contributed by atoms with Crippen LogP contribution in [0.4, 0.5) is 5.69 Å². The minimum Gasteiger partial charge on any atom is -0.451 e. The predicted molar refractivity (Wildman–Crippen MR) is 106 cm³/mol. The summed E-state index contributed by atoms with van der Waals surface area (Å²) in [5, 5.41) is 2.62. The summed E-state index contributed by atoms with van der Waals surface area (Å²) in [6, 6.07) is 8.38.